The summed E-state index contributed by atoms with van der Waals surface area (Å²) in [6.07, 6.45) is 0. The van der Waals surface area contributed by atoms with Crippen molar-refractivity contribution in [3.8, 4) is 0 Å². The molecule has 0 amide bonds. The molecule has 1 aromatic heterocycles. The predicted octanol–water partition coefficient (Wildman–Crippen LogP) is 2.66. The molecule has 1 aromatic rings. The Balaban J connectivity index is 2.51. The second kappa shape index (κ2) is 4.34. The summed E-state index contributed by atoms with van der Waals surface area (Å²) < 4.78 is 35.8. The SMILES string of the molecule is CC(C)S(=N)C1=NS(=O)(=O)c2sc(Cl)cc2N1. The number of halogens is 1. The summed E-state index contributed by atoms with van der Waals surface area (Å²) >= 11 is 6.76. The number of nitrogens with one attached hydrogen (secondary N) is 2. The fourth-order valence-electron chi connectivity index (χ4n) is 1.23. The van der Waals surface area contributed by atoms with Crippen LogP contribution in [0.4, 0.5) is 5.69 Å². The van der Waals surface area contributed by atoms with Crippen molar-refractivity contribution in [2.75, 3.05) is 5.32 Å². The Morgan fingerprint density at radius 3 is 2.82 bits per heavy atom. The molecule has 0 radical (unpaired) electrons. The van der Waals surface area contributed by atoms with Gasteiger partial charge in [0.2, 0.25) is 0 Å². The summed E-state index contributed by atoms with van der Waals surface area (Å²) in [6, 6.07) is 1.55. The van der Waals surface area contributed by atoms with E-state index in [1.807, 2.05) is 13.8 Å². The summed E-state index contributed by atoms with van der Waals surface area (Å²) in [4.78, 5) is 0. The van der Waals surface area contributed by atoms with Crippen LogP contribution >= 0.6 is 22.9 Å². The smallest absolute Gasteiger partial charge is 0.296 e. The maximum absolute atomic E-state index is 11.9. The second-order valence-corrected chi connectivity index (χ2v) is 9.12. The summed E-state index contributed by atoms with van der Waals surface area (Å²) in [5, 5.41) is 3.07. The molecular formula is C8H10ClN3O2S3. The molecule has 1 atom stereocenters. The molecule has 0 aliphatic carbocycles. The van der Waals surface area contributed by atoms with Crippen molar-refractivity contribution in [1.29, 1.82) is 4.78 Å². The van der Waals surface area contributed by atoms with Gasteiger partial charge in [-0.3, -0.25) is 4.78 Å². The Labute approximate surface area is 111 Å². The molecule has 0 saturated carbocycles. The highest BCUT2D eigenvalue weighted by atomic mass is 35.5. The van der Waals surface area contributed by atoms with E-state index < -0.39 is 20.7 Å². The van der Waals surface area contributed by atoms with Crippen molar-refractivity contribution in [1.82, 2.24) is 0 Å². The average molecular weight is 312 g/mol. The second-order valence-electron chi connectivity index (χ2n) is 3.63. The van der Waals surface area contributed by atoms with Gasteiger partial charge in [0.1, 0.15) is 0 Å². The zero-order valence-corrected chi connectivity index (χ0v) is 12.2. The minimum atomic E-state index is -3.70. The third kappa shape index (κ3) is 2.40. The standard InChI is InChI=1S/C8H10ClN3O2S3/c1-4(2)16(10)8-11-5-3-6(9)15-7(5)17(13,14)12-8/h3-4,10H,1-2H3,(H,11,12). The van der Waals surface area contributed by atoms with Gasteiger partial charge < -0.3 is 5.32 Å². The lowest BCUT2D eigenvalue weighted by Gasteiger charge is -2.17. The van der Waals surface area contributed by atoms with E-state index in [4.69, 9.17) is 16.4 Å². The third-order valence-electron chi connectivity index (χ3n) is 2.03. The minimum Gasteiger partial charge on any atom is -0.331 e. The van der Waals surface area contributed by atoms with Crippen LogP contribution in [-0.2, 0) is 20.7 Å². The molecule has 2 rings (SSSR count). The topological polar surface area (TPSA) is 82.4 Å². The number of rotatable bonds is 1. The van der Waals surface area contributed by atoms with Gasteiger partial charge in [-0.25, -0.2) is 0 Å². The highest BCUT2D eigenvalue weighted by molar-refractivity contribution is 8.04. The lowest BCUT2D eigenvalue weighted by Crippen LogP contribution is -2.27. The van der Waals surface area contributed by atoms with Crippen LogP contribution in [0, 0.1) is 4.78 Å². The lowest BCUT2D eigenvalue weighted by atomic mass is 10.5. The largest absolute Gasteiger partial charge is 0.331 e. The van der Waals surface area contributed by atoms with Crippen LogP contribution in [0.3, 0.4) is 0 Å². The molecule has 0 saturated heterocycles. The Morgan fingerprint density at radius 1 is 1.59 bits per heavy atom. The van der Waals surface area contributed by atoms with Gasteiger partial charge in [-0.05, 0) is 16.8 Å². The normalized spacial score (nSPS) is 19.4. The summed E-state index contributed by atoms with van der Waals surface area (Å²) in [5.41, 5.74) is 0.426. The van der Waals surface area contributed by atoms with Crippen molar-refractivity contribution in [3.05, 3.63) is 10.4 Å². The first-order valence-electron chi connectivity index (χ1n) is 4.67. The first kappa shape index (κ1) is 13.0. The number of thiophene rings is 1. The van der Waals surface area contributed by atoms with Crippen LogP contribution in [0.25, 0.3) is 0 Å². The predicted molar refractivity (Wildman–Crippen MR) is 72.8 cm³/mol. The first-order valence-corrected chi connectivity index (χ1v) is 8.59. The molecule has 0 bridgehead atoms. The van der Waals surface area contributed by atoms with E-state index in [2.05, 4.69) is 9.71 Å². The molecule has 1 aliphatic rings. The van der Waals surface area contributed by atoms with Crippen LogP contribution < -0.4 is 5.32 Å². The third-order valence-corrected chi connectivity index (χ3v) is 6.75. The van der Waals surface area contributed by atoms with Gasteiger partial charge in [-0.2, -0.15) is 8.42 Å². The summed E-state index contributed by atoms with van der Waals surface area (Å²) in [5.74, 6) is 0. The Bertz CT molecular complexity index is 618. The number of sulfonamides is 1. The van der Waals surface area contributed by atoms with Gasteiger partial charge in [0.15, 0.2) is 9.38 Å². The summed E-state index contributed by atoms with van der Waals surface area (Å²) in [7, 11) is -4.68. The Kier molecular flexibility index (Phi) is 3.32. The Morgan fingerprint density at radius 2 is 2.24 bits per heavy atom. The van der Waals surface area contributed by atoms with E-state index in [-0.39, 0.29) is 14.6 Å². The number of nitrogens with zero attached hydrogens (tertiary/aromatic N) is 1. The highest BCUT2D eigenvalue weighted by Gasteiger charge is 2.29. The molecule has 94 valence electrons. The van der Waals surface area contributed by atoms with Gasteiger partial charge in [-0.15, -0.1) is 15.7 Å². The number of hydrogen-bond donors (Lipinski definition) is 2. The molecule has 5 nitrogen and oxygen atoms in total. The number of fused-ring (bicyclic) bond motifs is 1. The highest BCUT2D eigenvalue weighted by Crippen LogP contribution is 2.38. The monoisotopic (exact) mass is 311 g/mol. The van der Waals surface area contributed by atoms with Crippen molar-refractivity contribution in [2.24, 2.45) is 4.40 Å². The van der Waals surface area contributed by atoms with Gasteiger partial charge >= 0.3 is 0 Å². The van der Waals surface area contributed by atoms with Crippen molar-refractivity contribution >= 4 is 54.5 Å². The van der Waals surface area contributed by atoms with E-state index in [0.717, 1.165) is 11.3 Å². The number of anilines is 1. The molecule has 9 heteroatoms. The van der Waals surface area contributed by atoms with Crippen LogP contribution in [0.1, 0.15) is 13.8 Å². The van der Waals surface area contributed by atoms with Crippen LogP contribution in [-0.4, -0.2) is 18.8 Å². The fourth-order valence-corrected chi connectivity index (χ4v) is 5.10. The van der Waals surface area contributed by atoms with Crippen LogP contribution in [0.15, 0.2) is 14.7 Å². The maximum Gasteiger partial charge on any atom is 0.296 e. The quantitative estimate of drug-likeness (QED) is 0.836. The molecule has 0 spiro atoms. The number of hydrogen-bond acceptors (Lipinski definition) is 5. The molecule has 0 aromatic carbocycles. The first-order chi connectivity index (χ1) is 7.81. The summed E-state index contributed by atoms with van der Waals surface area (Å²) in [6.45, 7) is 3.70. The molecule has 2 heterocycles. The molecule has 2 N–H and O–H groups in total. The Hall–Kier alpha value is -0.440. The molecule has 0 fully saturated rings. The van der Waals surface area contributed by atoms with Crippen molar-refractivity contribution in [2.45, 2.75) is 23.3 Å². The van der Waals surface area contributed by atoms with Gasteiger partial charge in [0.05, 0.1) is 10.0 Å². The lowest BCUT2D eigenvalue weighted by molar-refractivity contribution is 0.600. The number of amidine groups is 1. The average Bonchev–Trinajstić information content (AvgIpc) is 2.57. The van der Waals surface area contributed by atoms with E-state index in [9.17, 15) is 8.42 Å². The van der Waals surface area contributed by atoms with E-state index in [0.29, 0.717) is 10.0 Å². The van der Waals surface area contributed by atoms with Gasteiger partial charge in [0, 0.05) is 5.25 Å². The van der Waals surface area contributed by atoms with Crippen molar-refractivity contribution in [3.63, 3.8) is 0 Å². The van der Waals surface area contributed by atoms with Crippen LogP contribution in [0.2, 0.25) is 4.34 Å². The zero-order chi connectivity index (χ0) is 12.8. The molecule has 1 unspecified atom stereocenters. The van der Waals surface area contributed by atoms with Gasteiger partial charge in [0.25, 0.3) is 10.0 Å². The molecule has 17 heavy (non-hydrogen) atoms. The van der Waals surface area contributed by atoms with E-state index in [1.54, 1.807) is 6.07 Å². The van der Waals surface area contributed by atoms with Crippen LogP contribution in [0.5, 0.6) is 0 Å². The minimum absolute atomic E-state index is 0.00658. The van der Waals surface area contributed by atoms with Gasteiger partial charge in [-0.1, -0.05) is 25.4 Å². The zero-order valence-electron chi connectivity index (χ0n) is 9.02. The molecule has 1 aliphatic heterocycles. The fraction of sp³-hybridized carbons (Fsp3) is 0.375. The maximum atomic E-state index is 11.9. The van der Waals surface area contributed by atoms with E-state index >= 15 is 0 Å². The molecular weight excluding hydrogens is 302 g/mol. The van der Waals surface area contributed by atoms with Crippen molar-refractivity contribution < 1.29 is 8.42 Å². The van der Waals surface area contributed by atoms with E-state index in [1.165, 1.54) is 0 Å².